The zero-order valence-corrected chi connectivity index (χ0v) is 12.8. The van der Waals surface area contributed by atoms with Crippen LogP contribution in [0.15, 0.2) is 0 Å². The molecule has 2 rings (SSSR count). The Morgan fingerprint density at radius 2 is 2.20 bits per heavy atom. The molecule has 0 aromatic rings. The van der Waals surface area contributed by atoms with Crippen LogP contribution in [0.1, 0.15) is 39.0 Å². The van der Waals surface area contributed by atoms with Crippen molar-refractivity contribution in [1.82, 2.24) is 15.1 Å². The summed E-state index contributed by atoms with van der Waals surface area (Å²) in [5.41, 5.74) is 0. The number of carbonyl (C=O) groups excluding carboxylic acids is 1. The van der Waals surface area contributed by atoms with E-state index in [1.165, 1.54) is 19.4 Å². The summed E-state index contributed by atoms with van der Waals surface area (Å²) < 4.78 is 0. The van der Waals surface area contributed by atoms with Crippen LogP contribution in [-0.4, -0.2) is 66.3 Å². The number of rotatable bonds is 4. The number of piperidine rings is 2. The van der Waals surface area contributed by atoms with Crippen molar-refractivity contribution in [2.45, 2.75) is 51.1 Å². The molecule has 116 valence electrons. The van der Waals surface area contributed by atoms with Crippen LogP contribution in [-0.2, 0) is 0 Å². The second kappa shape index (κ2) is 7.27. The quantitative estimate of drug-likeness (QED) is 0.817. The fourth-order valence-corrected chi connectivity index (χ4v) is 3.61. The number of carbonyl (C=O) groups is 1. The van der Waals surface area contributed by atoms with E-state index in [2.05, 4.69) is 17.3 Å². The van der Waals surface area contributed by atoms with Crippen molar-refractivity contribution >= 4 is 6.03 Å². The van der Waals surface area contributed by atoms with Crippen LogP contribution in [0, 0.1) is 5.92 Å². The van der Waals surface area contributed by atoms with Gasteiger partial charge in [0.25, 0.3) is 0 Å². The molecule has 2 amide bonds. The maximum atomic E-state index is 12.3. The summed E-state index contributed by atoms with van der Waals surface area (Å²) in [7, 11) is 2.21. The Kier molecular flexibility index (Phi) is 5.66. The summed E-state index contributed by atoms with van der Waals surface area (Å²) in [6, 6.07) is 0.878. The lowest BCUT2D eigenvalue weighted by Gasteiger charge is -2.46. The van der Waals surface area contributed by atoms with E-state index in [4.69, 9.17) is 5.11 Å². The third kappa shape index (κ3) is 3.85. The summed E-state index contributed by atoms with van der Waals surface area (Å²) in [5.74, 6) is 0.640. The first-order valence-corrected chi connectivity index (χ1v) is 7.98. The Hall–Kier alpha value is -0.810. The average Bonchev–Trinajstić information content (AvgIpc) is 2.45. The number of nitrogens with one attached hydrogen (secondary N) is 1. The van der Waals surface area contributed by atoms with Crippen molar-refractivity contribution in [3.63, 3.8) is 0 Å². The summed E-state index contributed by atoms with van der Waals surface area (Å²) in [6.07, 6.45) is 5.18. The monoisotopic (exact) mass is 283 g/mol. The van der Waals surface area contributed by atoms with Crippen molar-refractivity contribution in [3.8, 4) is 0 Å². The van der Waals surface area contributed by atoms with Gasteiger partial charge in [0.2, 0.25) is 0 Å². The highest BCUT2D eigenvalue weighted by atomic mass is 16.3. The third-order valence-corrected chi connectivity index (χ3v) is 4.80. The largest absolute Gasteiger partial charge is 0.396 e. The van der Waals surface area contributed by atoms with Crippen molar-refractivity contribution in [1.29, 1.82) is 0 Å². The minimum Gasteiger partial charge on any atom is -0.396 e. The van der Waals surface area contributed by atoms with Crippen molar-refractivity contribution in [3.05, 3.63) is 0 Å². The van der Waals surface area contributed by atoms with Crippen molar-refractivity contribution in [2.75, 3.05) is 33.3 Å². The van der Waals surface area contributed by atoms with Gasteiger partial charge in [-0.15, -0.1) is 0 Å². The number of nitrogens with zero attached hydrogens (tertiary/aromatic N) is 2. The van der Waals surface area contributed by atoms with E-state index in [0.29, 0.717) is 12.0 Å². The summed E-state index contributed by atoms with van der Waals surface area (Å²) in [6.45, 7) is 5.16. The predicted molar refractivity (Wildman–Crippen MR) is 79.6 cm³/mol. The van der Waals surface area contributed by atoms with E-state index in [1.54, 1.807) is 0 Å². The molecule has 2 fully saturated rings. The molecule has 20 heavy (non-hydrogen) atoms. The highest BCUT2D eigenvalue weighted by Crippen LogP contribution is 2.29. The van der Waals surface area contributed by atoms with Gasteiger partial charge in [-0.1, -0.05) is 0 Å². The smallest absolute Gasteiger partial charge is 0.317 e. The van der Waals surface area contributed by atoms with Crippen LogP contribution in [0.5, 0.6) is 0 Å². The van der Waals surface area contributed by atoms with Gasteiger partial charge in [0.1, 0.15) is 0 Å². The summed E-state index contributed by atoms with van der Waals surface area (Å²) >= 11 is 0. The van der Waals surface area contributed by atoms with Gasteiger partial charge in [0.15, 0.2) is 0 Å². The maximum Gasteiger partial charge on any atom is 0.317 e. The predicted octanol–water partition coefficient (Wildman–Crippen LogP) is 1.27. The van der Waals surface area contributed by atoms with E-state index in [-0.39, 0.29) is 18.7 Å². The van der Waals surface area contributed by atoms with Crippen molar-refractivity contribution in [2.24, 2.45) is 5.92 Å². The van der Waals surface area contributed by atoms with Gasteiger partial charge in [-0.25, -0.2) is 4.79 Å². The van der Waals surface area contributed by atoms with E-state index in [9.17, 15) is 4.79 Å². The number of fused-ring (bicyclic) bond motifs is 1. The molecular formula is C15H29N3O2. The zero-order chi connectivity index (χ0) is 14.5. The third-order valence-electron chi connectivity index (χ3n) is 4.80. The Bertz CT molecular complexity index is 324. The molecule has 0 spiro atoms. The Morgan fingerprint density at radius 3 is 2.95 bits per heavy atom. The molecule has 0 aromatic carbocycles. The molecule has 0 radical (unpaired) electrons. The molecule has 0 bridgehead atoms. The number of amides is 2. The first kappa shape index (κ1) is 15.6. The molecule has 3 unspecified atom stereocenters. The topological polar surface area (TPSA) is 55.8 Å². The SMILES string of the molecule is CC(CCCO)NC(=O)N1CCC2C(CCCN2C)C1. The number of likely N-dealkylation sites (tertiary alicyclic amines) is 2. The number of aliphatic hydroxyl groups excluding tert-OH is 1. The van der Waals surface area contributed by atoms with Crippen molar-refractivity contribution < 1.29 is 9.90 Å². The van der Waals surface area contributed by atoms with Crippen LogP contribution in [0.4, 0.5) is 4.79 Å². The molecule has 2 aliphatic heterocycles. The van der Waals surface area contributed by atoms with Gasteiger partial charge in [-0.2, -0.15) is 0 Å². The Labute approximate surface area is 122 Å². The highest BCUT2D eigenvalue weighted by molar-refractivity contribution is 5.74. The van der Waals surface area contributed by atoms with Crippen LogP contribution in [0.3, 0.4) is 0 Å². The molecule has 2 aliphatic rings. The number of urea groups is 1. The first-order chi connectivity index (χ1) is 9.61. The lowest BCUT2D eigenvalue weighted by molar-refractivity contribution is 0.0510. The minimum atomic E-state index is 0.0714. The number of hydrogen-bond acceptors (Lipinski definition) is 3. The molecule has 0 aromatic heterocycles. The lowest BCUT2D eigenvalue weighted by atomic mass is 9.84. The van der Waals surface area contributed by atoms with Crippen LogP contribution in [0.2, 0.25) is 0 Å². The van der Waals surface area contributed by atoms with Gasteiger partial charge in [-0.3, -0.25) is 0 Å². The molecular weight excluding hydrogens is 254 g/mol. The van der Waals surface area contributed by atoms with E-state index in [1.807, 2.05) is 11.8 Å². The molecule has 0 saturated carbocycles. The van der Waals surface area contributed by atoms with E-state index < -0.39 is 0 Å². The molecule has 2 heterocycles. The second-order valence-corrected chi connectivity index (χ2v) is 6.40. The van der Waals surface area contributed by atoms with Gasteiger partial charge in [-0.05, 0) is 58.5 Å². The Balaban J connectivity index is 1.80. The molecule has 2 N–H and O–H groups in total. The summed E-state index contributed by atoms with van der Waals surface area (Å²) in [4.78, 5) is 16.7. The molecule has 5 heteroatoms. The molecule has 0 aliphatic carbocycles. The van der Waals surface area contributed by atoms with Gasteiger partial charge >= 0.3 is 6.03 Å². The van der Waals surface area contributed by atoms with Crippen LogP contribution < -0.4 is 5.32 Å². The van der Waals surface area contributed by atoms with Gasteiger partial charge in [0, 0.05) is 31.8 Å². The fraction of sp³-hybridized carbons (Fsp3) is 0.933. The number of hydrogen-bond donors (Lipinski definition) is 2. The zero-order valence-electron chi connectivity index (χ0n) is 12.8. The standard InChI is InChI=1S/C15H29N3O2/c1-12(5-4-10-19)16-15(20)18-9-7-14-13(11-18)6-3-8-17(14)2/h12-14,19H,3-11H2,1-2H3,(H,16,20). The van der Waals surface area contributed by atoms with Gasteiger partial charge in [0.05, 0.1) is 0 Å². The molecule has 3 atom stereocenters. The molecule has 2 saturated heterocycles. The van der Waals surface area contributed by atoms with E-state index >= 15 is 0 Å². The normalized spacial score (nSPS) is 28.9. The van der Waals surface area contributed by atoms with Crippen LogP contribution >= 0.6 is 0 Å². The molecule has 5 nitrogen and oxygen atoms in total. The fourth-order valence-electron chi connectivity index (χ4n) is 3.61. The average molecular weight is 283 g/mol. The van der Waals surface area contributed by atoms with Crippen LogP contribution in [0.25, 0.3) is 0 Å². The first-order valence-electron chi connectivity index (χ1n) is 7.98. The second-order valence-electron chi connectivity index (χ2n) is 6.40. The maximum absolute atomic E-state index is 12.3. The highest BCUT2D eigenvalue weighted by Gasteiger charge is 2.35. The number of aliphatic hydroxyl groups is 1. The van der Waals surface area contributed by atoms with Gasteiger partial charge < -0.3 is 20.2 Å². The minimum absolute atomic E-state index is 0.0714. The summed E-state index contributed by atoms with van der Waals surface area (Å²) in [5, 5.41) is 11.9. The Morgan fingerprint density at radius 1 is 1.40 bits per heavy atom. The van der Waals surface area contributed by atoms with E-state index in [0.717, 1.165) is 32.4 Å². The lowest BCUT2D eigenvalue weighted by Crippen LogP contribution is -2.56.